The van der Waals surface area contributed by atoms with Gasteiger partial charge in [0.25, 0.3) is 0 Å². The highest BCUT2D eigenvalue weighted by Gasteiger charge is 2.10. The zero-order valence-corrected chi connectivity index (χ0v) is 16.9. The molecule has 4 heteroatoms. The van der Waals surface area contributed by atoms with E-state index in [0.717, 1.165) is 34.4 Å². The minimum atomic E-state index is -0.0204. The van der Waals surface area contributed by atoms with Gasteiger partial charge in [-0.3, -0.25) is 9.69 Å². The fourth-order valence-corrected chi connectivity index (χ4v) is 3.38. The lowest BCUT2D eigenvalue weighted by atomic mass is 9.99. The Morgan fingerprint density at radius 1 is 1.00 bits per heavy atom. The first-order valence-corrected chi connectivity index (χ1v) is 9.75. The molecular formula is C25H25N3O. The number of aryl methyl sites for hydroxylation is 1. The van der Waals surface area contributed by atoms with Crippen LogP contribution in [0.4, 0.5) is 5.69 Å². The number of hydrogen-bond donors (Lipinski definition) is 1. The molecule has 0 saturated heterocycles. The van der Waals surface area contributed by atoms with Gasteiger partial charge in [-0.1, -0.05) is 67.6 Å². The third-order valence-electron chi connectivity index (χ3n) is 4.85. The van der Waals surface area contributed by atoms with Crippen molar-refractivity contribution in [3.05, 3.63) is 89.5 Å². The average Bonchev–Trinajstić information content (AvgIpc) is 2.74. The molecule has 0 aliphatic heterocycles. The summed E-state index contributed by atoms with van der Waals surface area (Å²) in [4.78, 5) is 14.4. The van der Waals surface area contributed by atoms with Crippen LogP contribution in [0.5, 0.6) is 0 Å². The molecule has 146 valence electrons. The number of para-hydroxylation sites is 1. The molecule has 0 bridgehead atoms. The highest BCUT2D eigenvalue weighted by atomic mass is 16.2. The van der Waals surface area contributed by atoms with E-state index in [0.29, 0.717) is 18.7 Å². The van der Waals surface area contributed by atoms with Crippen molar-refractivity contribution in [2.75, 3.05) is 18.9 Å². The van der Waals surface area contributed by atoms with E-state index in [1.807, 2.05) is 84.7 Å². The fourth-order valence-electron chi connectivity index (χ4n) is 3.38. The molecule has 3 aromatic rings. The number of benzene rings is 3. The summed E-state index contributed by atoms with van der Waals surface area (Å²) in [5.74, 6) is -0.0204. The molecule has 0 fully saturated rings. The van der Waals surface area contributed by atoms with Crippen LogP contribution in [0.3, 0.4) is 0 Å². The number of likely N-dealkylation sites (N-methyl/N-ethyl adjacent to an activating group) is 1. The molecule has 0 heterocycles. The normalized spacial score (nSPS) is 10.6. The van der Waals surface area contributed by atoms with Gasteiger partial charge in [0.1, 0.15) is 0 Å². The van der Waals surface area contributed by atoms with Gasteiger partial charge >= 0.3 is 0 Å². The monoisotopic (exact) mass is 383 g/mol. The van der Waals surface area contributed by atoms with Crippen molar-refractivity contribution < 1.29 is 4.79 Å². The Balaban J connectivity index is 1.60. The highest BCUT2D eigenvalue weighted by Crippen LogP contribution is 2.23. The number of carbonyl (C=O) groups excluding carboxylic acids is 1. The Morgan fingerprint density at radius 2 is 1.69 bits per heavy atom. The van der Waals surface area contributed by atoms with Crippen LogP contribution in [-0.2, 0) is 17.8 Å². The maximum atomic E-state index is 12.4. The van der Waals surface area contributed by atoms with Crippen molar-refractivity contribution in [2.24, 2.45) is 0 Å². The van der Waals surface area contributed by atoms with Gasteiger partial charge in [0.05, 0.1) is 18.2 Å². The summed E-state index contributed by atoms with van der Waals surface area (Å²) < 4.78 is 0. The number of anilines is 1. The molecule has 0 saturated carbocycles. The maximum Gasteiger partial charge on any atom is 0.238 e. The molecule has 0 atom stereocenters. The smallest absolute Gasteiger partial charge is 0.238 e. The summed E-state index contributed by atoms with van der Waals surface area (Å²) in [5.41, 5.74) is 5.76. The van der Waals surface area contributed by atoms with Crippen molar-refractivity contribution >= 4 is 11.6 Å². The van der Waals surface area contributed by atoms with Crippen LogP contribution in [0, 0.1) is 11.3 Å². The Morgan fingerprint density at radius 3 is 2.41 bits per heavy atom. The quantitative estimate of drug-likeness (QED) is 0.634. The highest BCUT2D eigenvalue weighted by molar-refractivity contribution is 5.93. The topological polar surface area (TPSA) is 56.1 Å². The molecule has 0 aromatic heterocycles. The summed E-state index contributed by atoms with van der Waals surface area (Å²) in [5, 5.41) is 12.3. The van der Waals surface area contributed by atoms with Gasteiger partial charge in [0.2, 0.25) is 5.91 Å². The number of nitriles is 1. The lowest BCUT2D eigenvalue weighted by molar-refractivity contribution is -0.117. The van der Waals surface area contributed by atoms with Crippen LogP contribution < -0.4 is 5.32 Å². The third-order valence-corrected chi connectivity index (χ3v) is 4.85. The first-order chi connectivity index (χ1) is 14.1. The summed E-state index contributed by atoms with van der Waals surface area (Å²) in [6.45, 7) is 3.07. The second-order valence-corrected chi connectivity index (χ2v) is 7.09. The zero-order chi connectivity index (χ0) is 20.6. The molecule has 29 heavy (non-hydrogen) atoms. The van der Waals surface area contributed by atoms with Crippen molar-refractivity contribution in [1.29, 1.82) is 5.26 Å². The summed E-state index contributed by atoms with van der Waals surface area (Å²) >= 11 is 0. The maximum absolute atomic E-state index is 12.4. The minimum absolute atomic E-state index is 0.0204. The number of nitrogens with zero attached hydrogens (tertiary/aromatic N) is 2. The van der Waals surface area contributed by atoms with Crippen LogP contribution >= 0.6 is 0 Å². The fraction of sp³-hybridized carbons (Fsp3) is 0.200. The number of hydrogen-bond acceptors (Lipinski definition) is 3. The first-order valence-electron chi connectivity index (χ1n) is 9.75. The molecule has 4 nitrogen and oxygen atoms in total. The van der Waals surface area contributed by atoms with Crippen molar-refractivity contribution in [2.45, 2.75) is 19.9 Å². The molecule has 0 aliphatic rings. The molecule has 0 spiro atoms. The van der Waals surface area contributed by atoms with Gasteiger partial charge < -0.3 is 5.32 Å². The van der Waals surface area contributed by atoms with E-state index in [1.54, 1.807) is 0 Å². The molecule has 1 N–H and O–H groups in total. The van der Waals surface area contributed by atoms with Gasteiger partial charge in [0.15, 0.2) is 0 Å². The third kappa shape index (κ3) is 5.31. The standard InChI is InChI=1S/C25H25N3O/c1-3-20-8-5-7-11-24(20)27-25(29)18-28(2)17-19-12-14-21(15-13-19)23-10-6-4-9-22(23)16-26/h4-15H,3,17-18H2,1-2H3,(H,27,29). The minimum Gasteiger partial charge on any atom is -0.325 e. The number of carbonyl (C=O) groups is 1. The van der Waals surface area contributed by atoms with E-state index < -0.39 is 0 Å². The van der Waals surface area contributed by atoms with Gasteiger partial charge in [-0.15, -0.1) is 0 Å². The predicted molar refractivity (Wildman–Crippen MR) is 117 cm³/mol. The van der Waals surface area contributed by atoms with Crippen LogP contribution in [-0.4, -0.2) is 24.4 Å². The molecule has 0 unspecified atom stereocenters. The first kappa shape index (κ1) is 20.3. The Kier molecular flexibility index (Phi) is 6.78. The van der Waals surface area contributed by atoms with Gasteiger partial charge in [-0.25, -0.2) is 0 Å². The summed E-state index contributed by atoms with van der Waals surface area (Å²) in [6.07, 6.45) is 0.883. The van der Waals surface area contributed by atoms with Gasteiger partial charge in [0, 0.05) is 12.2 Å². The van der Waals surface area contributed by atoms with E-state index in [9.17, 15) is 10.1 Å². The van der Waals surface area contributed by atoms with Crippen LogP contribution in [0.1, 0.15) is 23.6 Å². The Labute approximate surface area is 172 Å². The number of amides is 1. The SMILES string of the molecule is CCc1ccccc1NC(=O)CN(C)Cc1ccc(-c2ccccc2C#N)cc1. The average molecular weight is 383 g/mol. The van der Waals surface area contributed by atoms with Crippen molar-refractivity contribution in [1.82, 2.24) is 4.90 Å². The van der Waals surface area contributed by atoms with Gasteiger partial charge in [-0.2, -0.15) is 5.26 Å². The van der Waals surface area contributed by atoms with Crippen molar-refractivity contribution in [3.63, 3.8) is 0 Å². The number of rotatable bonds is 7. The van der Waals surface area contributed by atoms with Crippen molar-refractivity contribution in [3.8, 4) is 17.2 Å². The van der Waals surface area contributed by atoms with Crippen LogP contribution in [0.15, 0.2) is 72.8 Å². The molecule has 3 rings (SSSR count). The largest absolute Gasteiger partial charge is 0.325 e. The summed E-state index contributed by atoms with van der Waals surface area (Å²) in [7, 11) is 1.93. The molecule has 0 radical (unpaired) electrons. The Bertz CT molecular complexity index is 1020. The van der Waals surface area contributed by atoms with E-state index in [4.69, 9.17) is 0 Å². The van der Waals surface area contributed by atoms with E-state index in [1.165, 1.54) is 0 Å². The molecule has 1 amide bonds. The van der Waals surface area contributed by atoms with E-state index >= 15 is 0 Å². The van der Waals surface area contributed by atoms with E-state index in [2.05, 4.69) is 18.3 Å². The lowest BCUT2D eigenvalue weighted by Crippen LogP contribution is -2.30. The molecular weight excluding hydrogens is 358 g/mol. The second kappa shape index (κ2) is 9.68. The zero-order valence-electron chi connectivity index (χ0n) is 16.9. The second-order valence-electron chi connectivity index (χ2n) is 7.09. The Hall–Kier alpha value is -3.42. The van der Waals surface area contributed by atoms with E-state index in [-0.39, 0.29) is 5.91 Å². The van der Waals surface area contributed by atoms with Gasteiger partial charge in [-0.05, 0) is 47.9 Å². The predicted octanol–water partition coefficient (Wildman–Crippen LogP) is 4.86. The molecule has 0 aliphatic carbocycles. The van der Waals surface area contributed by atoms with Crippen LogP contribution in [0.25, 0.3) is 11.1 Å². The lowest BCUT2D eigenvalue weighted by Gasteiger charge is -2.17. The van der Waals surface area contributed by atoms with Crippen LogP contribution in [0.2, 0.25) is 0 Å². The molecule has 3 aromatic carbocycles. The summed E-state index contributed by atoms with van der Waals surface area (Å²) in [6, 6.07) is 25.9. The number of nitrogens with one attached hydrogen (secondary N) is 1.